The molecular formula is C20H23N3O5S. The minimum absolute atomic E-state index is 0.0945. The molecule has 0 bridgehead atoms. The molecule has 0 radical (unpaired) electrons. The monoisotopic (exact) mass is 417 g/mol. The van der Waals surface area contributed by atoms with Gasteiger partial charge in [0.25, 0.3) is 0 Å². The van der Waals surface area contributed by atoms with Gasteiger partial charge in [0.2, 0.25) is 12.7 Å². The van der Waals surface area contributed by atoms with E-state index in [2.05, 4.69) is 10.3 Å². The molecule has 0 saturated carbocycles. The summed E-state index contributed by atoms with van der Waals surface area (Å²) in [6.45, 7) is 0.772. The molecule has 1 aliphatic carbocycles. The minimum Gasteiger partial charge on any atom is -0.454 e. The highest BCUT2D eigenvalue weighted by Crippen LogP contribution is 2.32. The van der Waals surface area contributed by atoms with Crippen molar-refractivity contribution in [2.75, 3.05) is 19.2 Å². The largest absolute Gasteiger partial charge is 0.454 e. The van der Waals surface area contributed by atoms with E-state index in [1.54, 1.807) is 4.57 Å². The zero-order valence-electron chi connectivity index (χ0n) is 16.0. The molecule has 1 aromatic carbocycles. The molecule has 4 rings (SSSR count). The van der Waals surface area contributed by atoms with Crippen LogP contribution in [0.25, 0.3) is 0 Å². The molecule has 0 unspecified atom stereocenters. The first kappa shape index (κ1) is 19.8. The van der Waals surface area contributed by atoms with E-state index in [0.717, 1.165) is 42.5 Å². The van der Waals surface area contributed by atoms with Gasteiger partial charge in [0, 0.05) is 17.8 Å². The molecule has 9 heteroatoms. The number of nitrogens with one attached hydrogen (secondary N) is 1. The molecular weight excluding hydrogens is 394 g/mol. The van der Waals surface area contributed by atoms with Crippen molar-refractivity contribution in [1.82, 2.24) is 14.9 Å². The second-order valence-electron chi connectivity index (χ2n) is 6.96. The molecule has 0 saturated heterocycles. The summed E-state index contributed by atoms with van der Waals surface area (Å²) in [6, 6.07) is 5.57. The third-order valence-electron chi connectivity index (χ3n) is 5.04. The van der Waals surface area contributed by atoms with Crippen molar-refractivity contribution in [2.24, 2.45) is 0 Å². The first-order valence-corrected chi connectivity index (χ1v) is 10.7. The topological polar surface area (TPSA) is 103 Å². The first-order chi connectivity index (χ1) is 14.2. The highest BCUT2D eigenvalue weighted by molar-refractivity contribution is 7.99. The number of nitrogens with zero attached hydrogens (tertiary/aromatic N) is 2. The van der Waals surface area contributed by atoms with Gasteiger partial charge < -0.3 is 19.9 Å². The Morgan fingerprint density at radius 2 is 2.07 bits per heavy atom. The van der Waals surface area contributed by atoms with Gasteiger partial charge in [-0.1, -0.05) is 17.8 Å². The molecule has 1 aromatic heterocycles. The van der Waals surface area contributed by atoms with Crippen molar-refractivity contribution >= 4 is 17.7 Å². The van der Waals surface area contributed by atoms with E-state index in [1.165, 1.54) is 11.8 Å². The van der Waals surface area contributed by atoms with Crippen LogP contribution >= 0.6 is 11.8 Å². The summed E-state index contributed by atoms with van der Waals surface area (Å²) >= 11 is 1.30. The number of hydrogen-bond donors (Lipinski definition) is 2. The molecule has 2 aromatic rings. The Kier molecular flexibility index (Phi) is 6.05. The number of aromatic nitrogens is 2. The summed E-state index contributed by atoms with van der Waals surface area (Å²) < 4.78 is 12.2. The Morgan fingerprint density at radius 1 is 1.24 bits per heavy atom. The molecule has 8 nitrogen and oxygen atoms in total. The fourth-order valence-electron chi connectivity index (χ4n) is 3.63. The maximum atomic E-state index is 12.4. The van der Waals surface area contributed by atoms with Gasteiger partial charge in [0.1, 0.15) is 5.03 Å². The van der Waals surface area contributed by atoms with Crippen molar-refractivity contribution < 1.29 is 19.4 Å². The number of rotatable bonds is 7. The average Bonchev–Trinajstić information content (AvgIpc) is 3.21. The summed E-state index contributed by atoms with van der Waals surface area (Å²) in [4.78, 5) is 28.9. The van der Waals surface area contributed by atoms with E-state index >= 15 is 0 Å². The molecule has 0 fully saturated rings. The van der Waals surface area contributed by atoms with E-state index < -0.39 is 0 Å². The van der Waals surface area contributed by atoms with Crippen LogP contribution in [-0.2, 0) is 30.7 Å². The number of aliphatic hydroxyl groups excluding tert-OH is 1. The van der Waals surface area contributed by atoms with E-state index in [4.69, 9.17) is 9.47 Å². The predicted molar refractivity (Wildman–Crippen MR) is 107 cm³/mol. The third-order valence-corrected chi connectivity index (χ3v) is 6.06. The normalized spacial score (nSPS) is 14.5. The van der Waals surface area contributed by atoms with Gasteiger partial charge >= 0.3 is 5.69 Å². The average molecular weight is 417 g/mol. The van der Waals surface area contributed by atoms with Crippen LogP contribution in [0.1, 0.15) is 29.7 Å². The molecule has 1 amide bonds. The van der Waals surface area contributed by atoms with Crippen LogP contribution in [-0.4, -0.2) is 39.7 Å². The van der Waals surface area contributed by atoms with E-state index in [1.807, 2.05) is 18.2 Å². The molecule has 29 heavy (non-hydrogen) atoms. The van der Waals surface area contributed by atoms with Gasteiger partial charge in [-0.3, -0.25) is 9.36 Å². The number of thioether (sulfide) groups is 1. The summed E-state index contributed by atoms with van der Waals surface area (Å²) in [6.07, 6.45) is 3.70. The summed E-state index contributed by atoms with van der Waals surface area (Å²) in [5, 5.41) is 12.8. The maximum Gasteiger partial charge on any atom is 0.348 e. The molecule has 2 aliphatic rings. The maximum absolute atomic E-state index is 12.4. The van der Waals surface area contributed by atoms with Gasteiger partial charge in [-0.05, 0) is 43.4 Å². The summed E-state index contributed by atoms with van der Waals surface area (Å²) in [5.41, 5.74) is 2.56. The summed E-state index contributed by atoms with van der Waals surface area (Å²) in [7, 11) is 0. The SMILES string of the molecule is O=C(CSc1nc(=O)n(CCO)c2c1CCCC2)NCc1ccc2c(c1)OCO2. The molecule has 2 heterocycles. The van der Waals surface area contributed by atoms with Crippen LogP contribution in [0.4, 0.5) is 0 Å². The number of amides is 1. The number of benzene rings is 1. The van der Waals surface area contributed by atoms with Crippen LogP contribution in [0.15, 0.2) is 28.0 Å². The van der Waals surface area contributed by atoms with Crippen LogP contribution in [0.2, 0.25) is 0 Å². The lowest BCUT2D eigenvalue weighted by Gasteiger charge is -2.22. The minimum atomic E-state index is -0.358. The number of carbonyl (C=O) groups is 1. The Balaban J connectivity index is 1.39. The Morgan fingerprint density at radius 3 is 2.93 bits per heavy atom. The fourth-order valence-corrected chi connectivity index (χ4v) is 4.54. The third kappa shape index (κ3) is 4.40. The number of fused-ring (bicyclic) bond motifs is 2. The van der Waals surface area contributed by atoms with Gasteiger partial charge in [0.15, 0.2) is 11.5 Å². The predicted octanol–water partition coefficient (Wildman–Crippen LogP) is 1.25. The lowest BCUT2D eigenvalue weighted by molar-refractivity contribution is -0.118. The van der Waals surface area contributed by atoms with E-state index in [9.17, 15) is 14.7 Å². The zero-order chi connectivity index (χ0) is 20.2. The number of aliphatic hydroxyl groups is 1. The molecule has 0 atom stereocenters. The van der Waals surface area contributed by atoms with Gasteiger partial charge in [-0.15, -0.1) is 0 Å². The lowest BCUT2D eigenvalue weighted by Crippen LogP contribution is -2.31. The molecule has 0 spiro atoms. The second-order valence-corrected chi connectivity index (χ2v) is 7.92. The summed E-state index contributed by atoms with van der Waals surface area (Å²) in [5.74, 6) is 1.46. The Hall–Kier alpha value is -2.52. The zero-order valence-corrected chi connectivity index (χ0v) is 16.8. The van der Waals surface area contributed by atoms with Crippen LogP contribution in [0.3, 0.4) is 0 Å². The Labute approximate surface area is 172 Å². The van der Waals surface area contributed by atoms with E-state index in [-0.39, 0.29) is 37.3 Å². The van der Waals surface area contributed by atoms with Crippen LogP contribution < -0.4 is 20.5 Å². The van der Waals surface area contributed by atoms with Gasteiger partial charge in [-0.25, -0.2) is 4.79 Å². The van der Waals surface area contributed by atoms with Gasteiger partial charge in [0.05, 0.1) is 18.9 Å². The fraction of sp³-hybridized carbons (Fsp3) is 0.450. The van der Waals surface area contributed by atoms with Crippen molar-refractivity contribution in [1.29, 1.82) is 0 Å². The second kappa shape index (κ2) is 8.87. The van der Waals surface area contributed by atoms with Gasteiger partial charge in [-0.2, -0.15) is 4.98 Å². The number of hydrogen-bond acceptors (Lipinski definition) is 7. The standard InChI is InChI=1S/C20H23N3O5S/c24-8-7-23-15-4-2-1-3-14(15)19(22-20(23)26)29-11-18(25)21-10-13-5-6-16-17(9-13)28-12-27-16/h5-6,9,24H,1-4,7-8,10-12H2,(H,21,25). The molecule has 154 valence electrons. The van der Waals surface area contributed by atoms with Crippen LogP contribution in [0, 0.1) is 0 Å². The highest BCUT2D eigenvalue weighted by atomic mass is 32.2. The quantitative estimate of drug-likeness (QED) is 0.516. The van der Waals surface area contributed by atoms with E-state index in [0.29, 0.717) is 23.1 Å². The van der Waals surface area contributed by atoms with Crippen molar-refractivity contribution in [2.45, 2.75) is 43.8 Å². The molecule has 1 aliphatic heterocycles. The van der Waals surface area contributed by atoms with Crippen molar-refractivity contribution in [3.8, 4) is 11.5 Å². The lowest BCUT2D eigenvalue weighted by atomic mass is 9.97. The highest BCUT2D eigenvalue weighted by Gasteiger charge is 2.21. The van der Waals surface area contributed by atoms with Crippen molar-refractivity contribution in [3.63, 3.8) is 0 Å². The van der Waals surface area contributed by atoms with Crippen molar-refractivity contribution in [3.05, 3.63) is 45.5 Å². The number of ether oxygens (including phenoxy) is 2. The smallest absolute Gasteiger partial charge is 0.348 e. The Bertz CT molecular complexity index is 975. The molecule has 2 N–H and O–H groups in total. The first-order valence-electron chi connectivity index (χ1n) is 9.67. The number of carbonyl (C=O) groups excluding carboxylic acids is 1. The van der Waals surface area contributed by atoms with Crippen LogP contribution in [0.5, 0.6) is 11.5 Å².